The highest BCUT2D eigenvalue weighted by atomic mass is 19.1. The molecule has 2 aromatic carbocycles. The minimum Gasteiger partial charge on any atom is -0.206 e. The number of benzene rings is 2. The Hall–Kier alpha value is -1.63. The maximum Gasteiger partial charge on any atom is 0.134 e. The van der Waals surface area contributed by atoms with Gasteiger partial charge in [0.05, 0.1) is 0 Å². The second-order valence-electron chi connectivity index (χ2n) is 4.60. The molecule has 2 rings (SSSR count). The molecule has 0 atom stereocenters. The fraction of sp³-hybridized carbons (Fsp3) is 0.294. The monoisotopic (exact) mass is 242 g/mol. The summed E-state index contributed by atoms with van der Waals surface area (Å²) in [5.41, 5.74) is 2.50. The predicted octanol–water partition coefficient (Wildman–Crippen LogP) is 5.23. The van der Waals surface area contributed by atoms with Gasteiger partial charge in [0, 0.05) is 5.56 Å². The van der Waals surface area contributed by atoms with Crippen LogP contribution in [-0.2, 0) is 6.42 Å². The molecule has 0 bridgehead atoms. The van der Waals surface area contributed by atoms with E-state index in [0.717, 1.165) is 30.4 Å². The van der Waals surface area contributed by atoms with Crippen molar-refractivity contribution >= 4 is 0 Å². The molecule has 0 N–H and O–H groups in total. The Morgan fingerprint density at radius 3 is 2.39 bits per heavy atom. The van der Waals surface area contributed by atoms with Crippen LogP contribution in [0.15, 0.2) is 48.5 Å². The summed E-state index contributed by atoms with van der Waals surface area (Å²) in [7, 11) is 0. The van der Waals surface area contributed by atoms with Gasteiger partial charge in [-0.2, -0.15) is 0 Å². The molecule has 0 aliphatic heterocycles. The summed E-state index contributed by atoms with van der Waals surface area (Å²) in [5, 5.41) is 0. The Labute approximate surface area is 108 Å². The number of unbranched alkanes of at least 4 members (excludes halogenated alkanes) is 2. The van der Waals surface area contributed by atoms with Crippen LogP contribution in [0.2, 0.25) is 0 Å². The second kappa shape index (κ2) is 6.34. The Bertz CT molecular complexity index is 488. The van der Waals surface area contributed by atoms with E-state index in [1.54, 1.807) is 0 Å². The molecule has 1 heteroatoms. The zero-order valence-corrected chi connectivity index (χ0v) is 10.8. The van der Waals surface area contributed by atoms with E-state index in [0.29, 0.717) is 5.56 Å². The smallest absolute Gasteiger partial charge is 0.134 e. The summed E-state index contributed by atoms with van der Waals surface area (Å²) < 4.78 is 14.4. The first-order chi connectivity index (χ1) is 8.83. The summed E-state index contributed by atoms with van der Waals surface area (Å²) in [6, 6.07) is 15.4. The fourth-order valence-corrected chi connectivity index (χ4v) is 2.18. The van der Waals surface area contributed by atoms with E-state index in [-0.39, 0.29) is 5.82 Å². The van der Waals surface area contributed by atoms with Crippen molar-refractivity contribution in [1.29, 1.82) is 0 Å². The van der Waals surface area contributed by atoms with Crippen LogP contribution in [0.1, 0.15) is 31.7 Å². The summed E-state index contributed by atoms with van der Waals surface area (Å²) in [6.45, 7) is 2.16. The SMILES string of the molecule is CCCCCc1cccc(-c2ccccc2)c1F. The molecule has 0 aromatic heterocycles. The molecular weight excluding hydrogens is 223 g/mol. The topological polar surface area (TPSA) is 0 Å². The number of aryl methyl sites for hydroxylation is 1. The second-order valence-corrected chi connectivity index (χ2v) is 4.60. The van der Waals surface area contributed by atoms with E-state index >= 15 is 0 Å². The largest absolute Gasteiger partial charge is 0.206 e. The summed E-state index contributed by atoms with van der Waals surface area (Å²) in [4.78, 5) is 0. The van der Waals surface area contributed by atoms with E-state index < -0.39 is 0 Å². The minimum atomic E-state index is -0.0557. The van der Waals surface area contributed by atoms with Crippen LogP contribution < -0.4 is 0 Å². The van der Waals surface area contributed by atoms with Crippen molar-refractivity contribution in [3.8, 4) is 11.1 Å². The zero-order valence-electron chi connectivity index (χ0n) is 10.8. The molecule has 0 spiro atoms. The highest BCUT2D eigenvalue weighted by molar-refractivity contribution is 5.64. The zero-order chi connectivity index (χ0) is 12.8. The summed E-state index contributed by atoms with van der Waals surface area (Å²) >= 11 is 0. The van der Waals surface area contributed by atoms with Crippen LogP contribution in [-0.4, -0.2) is 0 Å². The molecule has 0 heterocycles. The van der Waals surface area contributed by atoms with Crippen molar-refractivity contribution in [2.75, 3.05) is 0 Å². The molecule has 0 radical (unpaired) electrons. The van der Waals surface area contributed by atoms with Crippen LogP contribution in [0, 0.1) is 5.82 Å². The van der Waals surface area contributed by atoms with Gasteiger partial charge in [-0.15, -0.1) is 0 Å². The standard InChI is InChI=1S/C17H19F/c1-2-3-5-11-15-12-8-13-16(17(15)18)14-9-6-4-7-10-14/h4,6-10,12-13H,2-3,5,11H2,1H3. The summed E-state index contributed by atoms with van der Waals surface area (Å²) in [6.07, 6.45) is 4.22. The van der Waals surface area contributed by atoms with E-state index in [1.165, 1.54) is 6.42 Å². The minimum absolute atomic E-state index is 0.0557. The van der Waals surface area contributed by atoms with E-state index in [4.69, 9.17) is 0 Å². The Balaban J connectivity index is 2.25. The van der Waals surface area contributed by atoms with Gasteiger partial charge in [0.15, 0.2) is 0 Å². The molecular formula is C17H19F. The first kappa shape index (κ1) is 12.8. The fourth-order valence-electron chi connectivity index (χ4n) is 2.18. The van der Waals surface area contributed by atoms with Gasteiger partial charge >= 0.3 is 0 Å². The number of hydrogen-bond donors (Lipinski definition) is 0. The van der Waals surface area contributed by atoms with Crippen LogP contribution in [0.4, 0.5) is 4.39 Å². The highest BCUT2D eigenvalue weighted by Gasteiger charge is 2.08. The van der Waals surface area contributed by atoms with Gasteiger partial charge in [0.2, 0.25) is 0 Å². The van der Waals surface area contributed by atoms with Crippen molar-refractivity contribution < 1.29 is 4.39 Å². The third-order valence-electron chi connectivity index (χ3n) is 3.21. The predicted molar refractivity (Wildman–Crippen MR) is 75.1 cm³/mol. The van der Waals surface area contributed by atoms with Crippen molar-refractivity contribution in [3.63, 3.8) is 0 Å². The number of hydrogen-bond acceptors (Lipinski definition) is 0. The molecule has 0 fully saturated rings. The molecule has 0 nitrogen and oxygen atoms in total. The van der Waals surface area contributed by atoms with Gasteiger partial charge in [-0.25, -0.2) is 4.39 Å². The number of halogens is 1. The van der Waals surface area contributed by atoms with E-state index in [9.17, 15) is 4.39 Å². The Kier molecular flexibility index (Phi) is 4.52. The lowest BCUT2D eigenvalue weighted by atomic mass is 9.99. The van der Waals surface area contributed by atoms with Gasteiger partial charge in [0.25, 0.3) is 0 Å². The lowest BCUT2D eigenvalue weighted by Crippen LogP contribution is -1.94. The maximum atomic E-state index is 14.4. The lowest BCUT2D eigenvalue weighted by molar-refractivity contribution is 0.602. The maximum absolute atomic E-state index is 14.4. The molecule has 2 aromatic rings. The van der Waals surface area contributed by atoms with Crippen molar-refractivity contribution in [1.82, 2.24) is 0 Å². The van der Waals surface area contributed by atoms with Gasteiger partial charge in [-0.05, 0) is 24.0 Å². The number of rotatable bonds is 5. The van der Waals surface area contributed by atoms with Crippen LogP contribution in [0.5, 0.6) is 0 Å². The third-order valence-corrected chi connectivity index (χ3v) is 3.21. The average molecular weight is 242 g/mol. The molecule has 0 saturated carbocycles. The van der Waals surface area contributed by atoms with Crippen LogP contribution >= 0.6 is 0 Å². The summed E-state index contributed by atoms with van der Waals surface area (Å²) in [5.74, 6) is -0.0557. The third kappa shape index (κ3) is 2.98. The molecule has 0 aliphatic rings. The Morgan fingerprint density at radius 1 is 0.889 bits per heavy atom. The van der Waals surface area contributed by atoms with Crippen LogP contribution in [0.25, 0.3) is 11.1 Å². The molecule has 0 unspecified atom stereocenters. The normalized spacial score (nSPS) is 10.6. The molecule has 18 heavy (non-hydrogen) atoms. The molecule has 0 saturated heterocycles. The molecule has 0 amide bonds. The van der Waals surface area contributed by atoms with Crippen molar-refractivity contribution in [2.45, 2.75) is 32.6 Å². The van der Waals surface area contributed by atoms with Crippen molar-refractivity contribution in [3.05, 3.63) is 59.9 Å². The average Bonchev–Trinajstić information content (AvgIpc) is 2.42. The molecule has 94 valence electrons. The highest BCUT2D eigenvalue weighted by Crippen LogP contribution is 2.25. The first-order valence-corrected chi connectivity index (χ1v) is 6.65. The van der Waals surface area contributed by atoms with E-state index in [1.807, 2.05) is 48.5 Å². The Morgan fingerprint density at radius 2 is 1.67 bits per heavy atom. The van der Waals surface area contributed by atoms with Crippen LogP contribution in [0.3, 0.4) is 0 Å². The van der Waals surface area contributed by atoms with E-state index in [2.05, 4.69) is 6.92 Å². The van der Waals surface area contributed by atoms with Gasteiger partial charge in [0.1, 0.15) is 5.82 Å². The molecule has 0 aliphatic carbocycles. The quantitative estimate of drug-likeness (QED) is 0.630. The van der Waals surface area contributed by atoms with Gasteiger partial charge in [-0.1, -0.05) is 68.3 Å². The van der Waals surface area contributed by atoms with Gasteiger partial charge < -0.3 is 0 Å². The first-order valence-electron chi connectivity index (χ1n) is 6.65. The van der Waals surface area contributed by atoms with Crippen molar-refractivity contribution in [2.24, 2.45) is 0 Å². The lowest BCUT2D eigenvalue weighted by Gasteiger charge is -2.08. The van der Waals surface area contributed by atoms with Gasteiger partial charge in [-0.3, -0.25) is 0 Å².